The van der Waals surface area contributed by atoms with Crippen molar-refractivity contribution < 1.29 is 4.74 Å². The lowest BCUT2D eigenvalue weighted by molar-refractivity contribution is 0.342. The molecule has 4 nitrogen and oxygen atoms in total. The summed E-state index contributed by atoms with van der Waals surface area (Å²) < 4.78 is 5.45. The number of rotatable bonds is 4. The molecule has 2 heterocycles. The van der Waals surface area contributed by atoms with E-state index in [0.29, 0.717) is 18.0 Å². The van der Waals surface area contributed by atoms with Gasteiger partial charge < -0.3 is 10.5 Å². The molecule has 0 atom stereocenters. The van der Waals surface area contributed by atoms with Gasteiger partial charge in [-0.05, 0) is 37.3 Å². The summed E-state index contributed by atoms with van der Waals surface area (Å²) in [6, 6.07) is 9.67. The van der Waals surface area contributed by atoms with Crippen molar-refractivity contribution in [2.45, 2.75) is 6.92 Å². The first-order valence-corrected chi connectivity index (χ1v) is 7.54. The van der Waals surface area contributed by atoms with Gasteiger partial charge in [0.1, 0.15) is 10.8 Å². The quantitative estimate of drug-likeness (QED) is 0.743. The molecule has 0 aliphatic carbocycles. The zero-order chi connectivity index (χ0) is 14.7. The fourth-order valence-electron chi connectivity index (χ4n) is 2.02. The maximum atomic E-state index is 6.00. The maximum Gasteiger partial charge on any atom is 0.142 e. The second-order valence-electron chi connectivity index (χ2n) is 4.47. The number of nitrogens with zero attached hydrogens (tertiary/aromatic N) is 2. The van der Waals surface area contributed by atoms with E-state index in [0.717, 1.165) is 21.8 Å². The van der Waals surface area contributed by atoms with Crippen molar-refractivity contribution in [3.8, 4) is 27.6 Å². The van der Waals surface area contributed by atoms with Crippen molar-refractivity contribution in [1.29, 1.82) is 0 Å². The van der Waals surface area contributed by atoms with Crippen molar-refractivity contribution in [2.24, 2.45) is 0 Å². The third-order valence-corrected chi connectivity index (χ3v) is 3.91. The molecule has 0 fully saturated rings. The molecule has 0 aliphatic heterocycles. The number of hydrogen-bond acceptors (Lipinski definition) is 5. The molecule has 0 radical (unpaired) electrons. The smallest absolute Gasteiger partial charge is 0.142 e. The van der Waals surface area contributed by atoms with Crippen molar-refractivity contribution in [1.82, 2.24) is 9.97 Å². The normalized spacial score (nSPS) is 10.5. The van der Waals surface area contributed by atoms with E-state index in [1.165, 1.54) is 0 Å². The predicted octanol–water partition coefficient (Wildman–Crippen LogP) is 3.85. The Hall–Kier alpha value is -2.40. The molecule has 3 rings (SSSR count). The van der Waals surface area contributed by atoms with E-state index >= 15 is 0 Å². The molecule has 0 saturated heterocycles. The topological polar surface area (TPSA) is 61.0 Å². The van der Waals surface area contributed by atoms with Crippen LogP contribution in [0.3, 0.4) is 0 Å². The van der Waals surface area contributed by atoms with E-state index in [-0.39, 0.29) is 0 Å². The number of hydrogen-bond donors (Lipinski definition) is 1. The molecular weight excluding hydrogens is 282 g/mol. The molecule has 0 bridgehead atoms. The number of benzene rings is 1. The van der Waals surface area contributed by atoms with Crippen LogP contribution in [0.5, 0.6) is 5.75 Å². The van der Waals surface area contributed by atoms with Crippen molar-refractivity contribution in [3.63, 3.8) is 0 Å². The molecule has 21 heavy (non-hydrogen) atoms. The highest BCUT2D eigenvalue weighted by molar-refractivity contribution is 7.13. The van der Waals surface area contributed by atoms with Crippen molar-refractivity contribution in [2.75, 3.05) is 12.3 Å². The van der Waals surface area contributed by atoms with Gasteiger partial charge in [0.25, 0.3) is 0 Å². The fourth-order valence-corrected chi connectivity index (χ4v) is 2.84. The molecular formula is C16H15N3OS. The summed E-state index contributed by atoms with van der Waals surface area (Å²) >= 11 is 1.59. The zero-order valence-electron chi connectivity index (χ0n) is 11.6. The largest absolute Gasteiger partial charge is 0.492 e. The lowest BCUT2D eigenvalue weighted by Gasteiger charge is -2.07. The van der Waals surface area contributed by atoms with Gasteiger partial charge in [-0.3, -0.25) is 4.98 Å². The molecule has 5 heteroatoms. The van der Waals surface area contributed by atoms with Gasteiger partial charge in [0.2, 0.25) is 0 Å². The highest BCUT2D eigenvalue weighted by atomic mass is 32.1. The third kappa shape index (κ3) is 2.87. The second kappa shape index (κ2) is 5.93. The number of nitrogens with two attached hydrogens (primary N) is 1. The number of ether oxygens (including phenoxy) is 1. The van der Waals surface area contributed by atoms with E-state index < -0.39 is 0 Å². The average molecular weight is 297 g/mol. The Balaban J connectivity index is 1.91. The summed E-state index contributed by atoms with van der Waals surface area (Å²) in [5.74, 6) is 0.712. The van der Waals surface area contributed by atoms with Crippen LogP contribution in [-0.2, 0) is 0 Å². The minimum Gasteiger partial charge on any atom is -0.492 e. The summed E-state index contributed by atoms with van der Waals surface area (Å²) in [6.07, 6.45) is 3.57. The Kier molecular flexibility index (Phi) is 3.83. The van der Waals surface area contributed by atoms with Crippen LogP contribution in [0.4, 0.5) is 5.69 Å². The van der Waals surface area contributed by atoms with E-state index in [9.17, 15) is 0 Å². The number of nitrogen functional groups attached to an aromatic ring is 1. The Labute approximate surface area is 127 Å². The minimum atomic E-state index is 0.603. The van der Waals surface area contributed by atoms with Gasteiger partial charge >= 0.3 is 0 Å². The van der Waals surface area contributed by atoms with Crippen LogP contribution in [0.1, 0.15) is 6.92 Å². The molecule has 0 saturated carbocycles. The Morgan fingerprint density at radius 2 is 2.14 bits per heavy atom. The van der Waals surface area contributed by atoms with Crippen LogP contribution in [0.15, 0.2) is 48.1 Å². The number of anilines is 1. The van der Waals surface area contributed by atoms with Crippen LogP contribution >= 0.6 is 11.3 Å². The number of pyridine rings is 1. The number of aromatic nitrogens is 2. The van der Waals surface area contributed by atoms with E-state index in [1.54, 1.807) is 17.5 Å². The zero-order valence-corrected chi connectivity index (χ0v) is 12.4. The molecule has 2 N–H and O–H groups in total. The van der Waals surface area contributed by atoms with Gasteiger partial charge in [-0.2, -0.15) is 0 Å². The van der Waals surface area contributed by atoms with Crippen LogP contribution in [0.2, 0.25) is 0 Å². The molecule has 1 aromatic carbocycles. The first-order chi connectivity index (χ1) is 10.3. The maximum absolute atomic E-state index is 6.00. The second-order valence-corrected chi connectivity index (χ2v) is 5.32. The van der Waals surface area contributed by atoms with E-state index in [4.69, 9.17) is 10.5 Å². The first kappa shape index (κ1) is 13.6. The molecule has 2 aromatic heterocycles. The van der Waals surface area contributed by atoms with Crippen LogP contribution in [0, 0.1) is 0 Å². The van der Waals surface area contributed by atoms with Gasteiger partial charge in [0.05, 0.1) is 18.0 Å². The summed E-state index contributed by atoms with van der Waals surface area (Å²) in [5, 5.41) is 2.97. The molecule has 106 valence electrons. The Morgan fingerprint density at radius 1 is 1.24 bits per heavy atom. The minimum absolute atomic E-state index is 0.603. The van der Waals surface area contributed by atoms with Gasteiger partial charge in [0.15, 0.2) is 0 Å². The van der Waals surface area contributed by atoms with Crippen molar-refractivity contribution >= 4 is 17.0 Å². The van der Waals surface area contributed by atoms with Gasteiger partial charge in [0, 0.05) is 28.9 Å². The summed E-state index contributed by atoms with van der Waals surface area (Å²) in [5.41, 5.74) is 9.55. The third-order valence-electron chi connectivity index (χ3n) is 3.02. The monoisotopic (exact) mass is 297 g/mol. The summed E-state index contributed by atoms with van der Waals surface area (Å²) in [4.78, 5) is 8.77. The lowest BCUT2D eigenvalue weighted by atomic mass is 10.1. The van der Waals surface area contributed by atoms with E-state index in [2.05, 4.69) is 9.97 Å². The fraction of sp³-hybridized carbons (Fsp3) is 0.125. The van der Waals surface area contributed by atoms with Crippen LogP contribution < -0.4 is 10.5 Å². The van der Waals surface area contributed by atoms with Gasteiger partial charge in [-0.25, -0.2) is 4.98 Å². The highest BCUT2D eigenvalue weighted by Crippen LogP contribution is 2.32. The van der Waals surface area contributed by atoms with Crippen molar-refractivity contribution in [3.05, 3.63) is 48.1 Å². The van der Waals surface area contributed by atoms with Gasteiger partial charge in [-0.1, -0.05) is 0 Å². The summed E-state index contributed by atoms with van der Waals surface area (Å²) in [7, 11) is 0. The average Bonchev–Trinajstić information content (AvgIpc) is 3.00. The Morgan fingerprint density at radius 3 is 2.86 bits per heavy atom. The summed E-state index contributed by atoms with van der Waals surface area (Å²) in [6.45, 7) is 2.54. The van der Waals surface area contributed by atoms with Crippen LogP contribution in [0.25, 0.3) is 21.8 Å². The Bertz CT molecular complexity index is 740. The van der Waals surface area contributed by atoms with Crippen LogP contribution in [-0.4, -0.2) is 16.6 Å². The van der Waals surface area contributed by atoms with E-state index in [1.807, 2.05) is 48.8 Å². The molecule has 0 amide bonds. The lowest BCUT2D eigenvalue weighted by Crippen LogP contribution is -1.96. The predicted molar refractivity (Wildman–Crippen MR) is 86.4 cm³/mol. The molecule has 0 unspecified atom stereocenters. The molecule has 0 spiro atoms. The first-order valence-electron chi connectivity index (χ1n) is 6.66. The van der Waals surface area contributed by atoms with Gasteiger partial charge in [-0.15, -0.1) is 11.3 Å². The SMILES string of the molecule is CCOc1ccc(-c2csc(-c3cccnc3)n2)cc1N. The molecule has 0 aliphatic rings. The number of thiazole rings is 1. The molecule has 3 aromatic rings. The standard InChI is InChI=1S/C16H15N3OS/c1-2-20-15-6-5-11(8-13(15)17)14-10-21-16(19-14)12-4-3-7-18-9-12/h3-10H,2,17H2,1H3. The highest BCUT2D eigenvalue weighted by Gasteiger charge is 2.08.